The molecule has 5 heteroatoms. The summed E-state index contributed by atoms with van der Waals surface area (Å²) in [5, 5.41) is 3.22. The summed E-state index contributed by atoms with van der Waals surface area (Å²) in [4.78, 5) is 14.7. The summed E-state index contributed by atoms with van der Waals surface area (Å²) < 4.78 is 10.7. The molecule has 25 heavy (non-hydrogen) atoms. The highest BCUT2D eigenvalue weighted by Crippen LogP contribution is 2.57. The van der Waals surface area contributed by atoms with Gasteiger partial charge < -0.3 is 19.7 Å². The SMILES string of the molecule is COc1cc(OC)cc(N2CCC(CNC(=O)C3C4CCCC43)C2)c1. The van der Waals surface area contributed by atoms with Gasteiger partial charge in [-0.2, -0.15) is 0 Å². The Balaban J connectivity index is 1.30. The van der Waals surface area contributed by atoms with Gasteiger partial charge in [0.1, 0.15) is 11.5 Å². The van der Waals surface area contributed by atoms with E-state index in [4.69, 9.17) is 9.47 Å². The number of benzene rings is 1. The van der Waals surface area contributed by atoms with Crippen LogP contribution in [0.25, 0.3) is 0 Å². The molecule has 5 nitrogen and oxygen atoms in total. The van der Waals surface area contributed by atoms with E-state index >= 15 is 0 Å². The number of ether oxygens (including phenoxy) is 2. The van der Waals surface area contributed by atoms with Crippen molar-refractivity contribution in [1.29, 1.82) is 0 Å². The predicted molar refractivity (Wildman–Crippen MR) is 97.2 cm³/mol. The Morgan fingerprint density at radius 1 is 1.12 bits per heavy atom. The molecule has 2 aliphatic carbocycles. The van der Waals surface area contributed by atoms with E-state index in [1.54, 1.807) is 14.2 Å². The van der Waals surface area contributed by atoms with Crippen LogP contribution < -0.4 is 19.7 Å². The summed E-state index contributed by atoms with van der Waals surface area (Å²) in [6, 6.07) is 5.99. The van der Waals surface area contributed by atoms with Crippen LogP contribution in [-0.4, -0.2) is 39.8 Å². The molecule has 4 rings (SSSR count). The maximum atomic E-state index is 12.3. The van der Waals surface area contributed by atoms with Gasteiger partial charge in [0.15, 0.2) is 0 Å². The van der Waals surface area contributed by atoms with Crippen LogP contribution in [0.5, 0.6) is 11.5 Å². The minimum Gasteiger partial charge on any atom is -0.497 e. The first kappa shape index (κ1) is 16.6. The average molecular weight is 344 g/mol. The summed E-state index contributed by atoms with van der Waals surface area (Å²) in [7, 11) is 3.35. The lowest BCUT2D eigenvalue weighted by molar-refractivity contribution is -0.123. The first-order valence-corrected chi connectivity index (χ1v) is 9.45. The number of rotatable bonds is 6. The Bertz CT molecular complexity index is 616. The van der Waals surface area contributed by atoms with Crippen molar-refractivity contribution in [3.8, 4) is 11.5 Å². The maximum absolute atomic E-state index is 12.3. The Labute approximate surface area is 149 Å². The van der Waals surface area contributed by atoms with Crippen LogP contribution >= 0.6 is 0 Å². The highest BCUT2D eigenvalue weighted by molar-refractivity contribution is 5.82. The summed E-state index contributed by atoms with van der Waals surface area (Å²) in [5.41, 5.74) is 1.13. The summed E-state index contributed by atoms with van der Waals surface area (Å²) in [6.07, 6.45) is 4.95. The molecule has 0 radical (unpaired) electrons. The third-order valence-corrected chi connectivity index (χ3v) is 6.26. The molecule has 3 aliphatic rings. The lowest BCUT2D eigenvalue weighted by Gasteiger charge is -2.20. The van der Waals surface area contributed by atoms with Gasteiger partial charge in [0.2, 0.25) is 5.91 Å². The Hall–Kier alpha value is -1.91. The third-order valence-electron chi connectivity index (χ3n) is 6.26. The fourth-order valence-corrected chi connectivity index (χ4v) is 4.78. The number of methoxy groups -OCH3 is 2. The van der Waals surface area contributed by atoms with Crippen molar-refractivity contribution >= 4 is 11.6 Å². The van der Waals surface area contributed by atoms with Gasteiger partial charge >= 0.3 is 0 Å². The molecule has 1 aliphatic heterocycles. The van der Waals surface area contributed by atoms with Crippen molar-refractivity contribution in [2.75, 3.05) is 38.8 Å². The van der Waals surface area contributed by atoms with Crippen molar-refractivity contribution in [2.45, 2.75) is 25.7 Å². The topological polar surface area (TPSA) is 50.8 Å². The fourth-order valence-electron chi connectivity index (χ4n) is 4.78. The molecule has 0 bridgehead atoms. The van der Waals surface area contributed by atoms with E-state index in [-0.39, 0.29) is 0 Å². The lowest BCUT2D eigenvalue weighted by atomic mass is 10.1. The summed E-state index contributed by atoms with van der Waals surface area (Å²) >= 11 is 0. The molecular formula is C20H28N2O3. The molecule has 3 fully saturated rings. The van der Waals surface area contributed by atoms with Crippen LogP contribution in [0.15, 0.2) is 18.2 Å². The van der Waals surface area contributed by atoms with Crippen molar-refractivity contribution in [3.05, 3.63) is 18.2 Å². The zero-order valence-corrected chi connectivity index (χ0v) is 15.2. The van der Waals surface area contributed by atoms with Crippen LogP contribution in [0, 0.1) is 23.7 Å². The summed E-state index contributed by atoms with van der Waals surface area (Å²) in [5.74, 6) is 4.16. The first-order valence-electron chi connectivity index (χ1n) is 9.45. The van der Waals surface area contributed by atoms with E-state index in [2.05, 4.69) is 22.3 Å². The lowest BCUT2D eigenvalue weighted by Crippen LogP contribution is -2.32. The van der Waals surface area contributed by atoms with E-state index < -0.39 is 0 Å². The smallest absolute Gasteiger partial charge is 0.223 e. The van der Waals surface area contributed by atoms with Crippen LogP contribution in [0.3, 0.4) is 0 Å². The molecule has 1 amide bonds. The van der Waals surface area contributed by atoms with Crippen molar-refractivity contribution in [1.82, 2.24) is 5.32 Å². The number of fused-ring (bicyclic) bond motifs is 1. The molecule has 1 aromatic rings. The van der Waals surface area contributed by atoms with Gasteiger partial charge in [-0.3, -0.25) is 4.79 Å². The van der Waals surface area contributed by atoms with Gasteiger partial charge in [-0.15, -0.1) is 0 Å². The molecule has 1 saturated heterocycles. The fraction of sp³-hybridized carbons (Fsp3) is 0.650. The molecule has 3 atom stereocenters. The molecule has 0 aromatic heterocycles. The molecule has 136 valence electrons. The van der Waals surface area contributed by atoms with Crippen molar-refractivity contribution < 1.29 is 14.3 Å². The second-order valence-corrected chi connectivity index (χ2v) is 7.70. The average Bonchev–Trinajstić information content (AvgIpc) is 3.01. The van der Waals surface area contributed by atoms with E-state index in [9.17, 15) is 4.79 Å². The van der Waals surface area contributed by atoms with Gasteiger partial charge in [-0.05, 0) is 37.0 Å². The number of nitrogens with zero attached hydrogens (tertiary/aromatic N) is 1. The van der Waals surface area contributed by atoms with Gasteiger partial charge in [0.25, 0.3) is 0 Å². The maximum Gasteiger partial charge on any atom is 0.223 e. The zero-order valence-electron chi connectivity index (χ0n) is 15.2. The van der Waals surface area contributed by atoms with Gasteiger partial charge in [0, 0.05) is 49.4 Å². The third kappa shape index (κ3) is 3.29. The highest BCUT2D eigenvalue weighted by Gasteiger charge is 2.56. The quantitative estimate of drug-likeness (QED) is 0.862. The predicted octanol–water partition coefficient (Wildman–Crippen LogP) is 2.69. The minimum absolute atomic E-state index is 0.302. The number of hydrogen-bond donors (Lipinski definition) is 1. The highest BCUT2D eigenvalue weighted by atomic mass is 16.5. The number of carbonyl (C=O) groups is 1. The van der Waals surface area contributed by atoms with Crippen LogP contribution in [-0.2, 0) is 4.79 Å². The molecule has 2 saturated carbocycles. The second-order valence-electron chi connectivity index (χ2n) is 7.70. The Morgan fingerprint density at radius 2 is 1.80 bits per heavy atom. The first-order chi connectivity index (χ1) is 12.2. The van der Waals surface area contributed by atoms with Crippen LogP contribution in [0.2, 0.25) is 0 Å². The van der Waals surface area contributed by atoms with Gasteiger partial charge in [0.05, 0.1) is 14.2 Å². The zero-order chi connectivity index (χ0) is 17.4. The van der Waals surface area contributed by atoms with Crippen molar-refractivity contribution in [3.63, 3.8) is 0 Å². The largest absolute Gasteiger partial charge is 0.497 e. The number of amides is 1. The second kappa shape index (κ2) is 6.77. The molecule has 0 spiro atoms. The molecule has 1 aromatic carbocycles. The number of nitrogens with one attached hydrogen (secondary N) is 1. The van der Waals surface area contributed by atoms with E-state index in [0.717, 1.165) is 43.2 Å². The van der Waals surface area contributed by atoms with Gasteiger partial charge in [-0.25, -0.2) is 0 Å². The molecule has 1 N–H and O–H groups in total. The van der Waals surface area contributed by atoms with E-state index in [1.165, 1.54) is 19.3 Å². The monoisotopic (exact) mass is 344 g/mol. The van der Waals surface area contributed by atoms with E-state index in [0.29, 0.717) is 29.6 Å². The minimum atomic E-state index is 0.302. The van der Waals surface area contributed by atoms with Crippen LogP contribution in [0.4, 0.5) is 5.69 Å². The Kier molecular flexibility index (Phi) is 4.48. The van der Waals surface area contributed by atoms with Crippen molar-refractivity contribution in [2.24, 2.45) is 23.7 Å². The molecule has 1 heterocycles. The number of carbonyl (C=O) groups excluding carboxylic acids is 1. The normalized spacial score (nSPS) is 30.1. The molecular weight excluding hydrogens is 316 g/mol. The van der Waals surface area contributed by atoms with E-state index in [1.807, 2.05) is 6.07 Å². The summed E-state index contributed by atoms with van der Waals surface area (Å²) in [6.45, 7) is 2.77. The number of hydrogen-bond acceptors (Lipinski definition) is 4. The standard InChI is InChI=1S/C20H28N2O3/c1-24-15-8-14(9-16(10-15)25-2)22-7-6-13(12-22)11-21-20(23)19-17-4-3-5-18(17)19/h8-10,13,17-19H,3-7,11-12H2,1-2H3,(H,21,23). The number of anilines is 1. The Morgan fingerprint density at radius 3 is 2.44 bits per heavy atom. The molecule has 3 unspecified atom stereocenters. The van der Waals surface area contributed by atoms with Crippen LogP contribution in [0.1, 0.15) is 25.7 Å². The van der Waals surface area contributed by atoms with Gasteiger partial charge in [-0.1, -0.05) is 6.42 Å².